The van der Waals surface area contributed by atoms with E-state index in [4.69, 9.17) is 9.15 Å². The van der Waals surface area contributed by atoms with Crippen molar-refractivity contribution in [2.45, 2.75) is 6.92 Å². The quantitative estimate of drug-likeness (QED) is 0.459. The van der Waals surface area contributed by atoms with Crippen molar-refractivity contribution in [3.05, 3.63) is 76.8 Å². The zero-order valence-electron chi connectivity index (χ0n) is 13.1. The predicted octanol–water partition coefficient (Wildman–Crippen LogP) is 5.35. The summed E-state index contributed by atoms with van der Waals surface area (Å²) >= 11 is 3.45. The summed E-state index contributed by atoms with van der Waals surface area (Å²) in [6, 6.07) is 14.6. The van der Waals surface area contributed by atoms with Crippen LogP contribution in [0, 0.1) is 0 Å². The molecule has 0 saturated carbocycles. The average Bonchev–Trinajstić information content (AvgIpc) is 2.93. The van der Waals surface area contributed by atoms with Gasteiger partial charge in [0.25, 0.3) is 0 Å². The van der Waals surface area contributed by atoms with Gasteiger partial charge in [-0.1, -0.05) is 46.3 Å². The Kier molecular flexibility index (Phi) is 4.71. The van der Waals surface area contributed by atoms with E-state index in [9.17, 15) is 4.79 Å². The Morgan fingerprint density at radius 1 is 1.25 bits per heavy atom. The zero-order valence-corrected chi connectivity index (χ0v) is 14.7. The van der Waals surface area contributed by atoms with Gasteiger partial charge < -0.3 is 14.5 Å². The van der Waals surface area contributed by atoms with Crippen LogP contribution < -0.4 is 5.32 Å². The van der Waals surface area contributed by atoms with E-state index in [0.29, 0.717) is 29.3 Å². The molecule has 0 amide bonds. The maximum Gasteiger partial charge on any atom is 0.230 e. The highest BCUT2D eigenvalue weighted by Gasteiger charge is 2.22. The smallest absolute Gasteiger partial charge is 0.230 e. The number of nitrogens with one attached hydrogen (secondary N) is 1. The number of anilines is 1. The van der Waals surface area contributed by atoms with Crippen molar-refractivity contribution >= 4 is 38.4 Å². The summed E-state index contributed by atoms with van der Waals surface area (Å²) in [4.78, 5) is 12.8. The Hall–Kier alpha value is -2.53. The number of halogens is 1. The van der Waals surface area contributed by atoms with E-state index < -0.39 is 0 Å². The van der Waals surface area contributed by atoms with Crippen molar-refractivity contribution < 1.29 is 13.9 Å². The van der Waals surface area contributed by atoms with E-state index in [0.717, 1.165) is 9.86 Å². The number of benzene rings is 2. The largest absolute Gasteiger partial charge is 0.480 e. The number of carbonyl (C=O) groups excluding carboxylic acids is 1. The van der Waals surface area contributed by atoms with Gasteiger partial charge in [0.2, 0.25) is 5.78 Å². The van der Waals surface area contributed by atoms with Crippen molar-refractivity contribution in [2.24, 2.45) is 0 Å². The summed E-state index contributed by atoms with van der Waals surface area (Å²) in [5, 5.41) is 3.84. The molecule has 1 heterocycles. The maximum atomic E-state index is 12.8. The van der Waals surface area contributed by atoms with Gasteiger partial charge in [0.1, 0.15) is 5.58 Å². The number of hydrogen-bond donors (Lipinski definition) is 1. The Bertz CT molecular complexity index is 900. The summed E-state index contributed by atoms with van der Waals surface area (Å²) in [7, 11) is 0. The highest BCUT2D eigenvalue weighted by molar-refractivity contribution is 9.10. The van der Waals surface area contributed by atoms with Crippen LogP contribution in [0.3, 0.4) is 0 Å². The van der Waals surface area contributed by atoms with E-state index in [-0.39, 0.29) is 11.5 Å². The Labute approximate surface area is 148 Å². The third-order valence-electron chi connectivity index (χ3n) is 3.48. The lowest BCUT2D eigenvalue weighted by atomic mass is 10.1. The van der Waals surface area contributed by atoms with Gasteiger partial charge in [-0.2, -0.15) is 0 Å². The molecule has 0 aliphatic rings. The highest BCUT2D eigenvalue weighted by atomic mass is 79.9. The number of furan rings is 1. The Balaban J connectivity index is 2.12. The summed E-state index contributed by atoms with van der Waals surface area (Å²) in [5.41, 5.74) is 1.73. The van der Waals surface area contributed by atoms with Gasteiger partial charge in [-0.3, -0.25) is 4.79 Å². The van der Waals surface area contributed by atoms with Crippen LogP contribution in [0.5, 0.6) is 0 Å². The van der Waals surface area contributed by atoms with Crippen LogP contribution in [0.25, 0.3) is 11.0 Å². The third kappa shape index (κ3) is 3.21. The molecule has 122 valence electrons. The minimum absolute atomic E-state index is 0.199. The SMILES string of the molecule is C=C(Nc1c(C(=O)c2ccccc2)oc2ccc(Br)cc12)OCC. The van der Waals surface area contributed by atoms with Gasteiger partial charge in [0.15, 0.2) is 11.6 Å². The van der Waals surface area contributed by atoms with E-state index in [1.807, 2.05) is 43.3 Å². The molecule has 0 saturated heterocycles. The molecule has 1 aromatic heterocycles. The molecule has 1 N–H and O–H groups in total. The second kappa shape index (κ2) is 6.93. The molecule has 3 rings (SSSR count). The summed E-state index contributed by atoms with van der Waals surface area (Å²) in [6.45, 7) is 6.17. The van der Waals surface area contributed by atoms with Crippen LogP contribution in [0.2, 0.25) is 0 Å². The fourth-order valence-electron chi connectivity index (χ4n) is 2.42. The molecule has 4 nitrogen and oxygen atoms in total. The summed E-state index contributed by atoms with van der Waals surface area (Å²) in [5.74, 6) is 0.396. The molecule has 5 heteroatoms. The molecule has 0 fully saturated rings. The molecule has 24 heavy (non-hydrogen) atoms. The second-order valence-corrected chi connectivity index (χ2v) is 6.04. The fourth-order valence-corrected chi connectivity index (χ4v) is 2.79. The topological polar surface area (TPSA) is 51.5 Å². The lowest BCUT2D eigenvalue weighted by Crippen LogP contribution is -2.07. The van der Waals surface area contributed by atoms with E-state index in [1.54, 1.807) is 12.1 Å². The highest BCUT2D eigenvalue weighted by Crippen LogP contribution is 2.35. The van der Waals surface area contributed by atoms with Gasteiger partial charge in [0, 0.05) is 15.4 Å². The van der Waals surface area contributed by atoms with Crippen molar-refractivity contribution in [3.63, 3.8) is 0 Å². The van der Waals surface area contributed by atoms with Gasteiger partial charge in [-0.25, -0.2) is 0 Å². The minimum atomic E-state index is -0.199. The first-order valence-corrected chi connectivity index (χ1v) is 8.30. The molecule has 0 atom stereocenters. The number of rotatable bonds is 6. The van der Waals surface area contributed by atoms with Crippen molar-refractivity contribution in [1.29, 1.82) is 0 Å². The van der Waals surface area contributed by atoms with Gasteiger partial charge in [0.05, 0.1) is 12.3 Å². The average molecular weight is 386 g/mol. The van der Waals surface area contributed by atoms with Gasteiger partial charge in [-0.15, -0.1) is 0 Å². The lowest BCUT2D eigenvalue weighted by Gasteiger charge is -2.10. The molecular weight excluding hydrogens is 370 g/mol. The molecule has 0 spiro atoms. The first-order chi connectivity index (χ1) is 11.6. The lowest BCUT2D eigenvalue weighted by molar-refractivity contribution is 0.101. The first kappa shape index (κ1) is 16.3. The van der Waals surface area contributed by atoms with Crippen LogP contribution >= 0.6 is 15.9 Å². The number of fused-ring (bicyclic) bond motifs is 1. The standard InChI is InChI=1S/C19H16BrNO3/c1-3-23-12(2)21-17-15-11-14(20)9-10-16(15)24-19(17)18(22)13-7-5-4-6-8-13/h4-11,21H,2-3H2,1H3. The third-order valence-corrected chi connectivity index (χ3v) is 3.97. The van der Waals surface area contributed by atoms with Crippen LogP contribution in [0.4, 0.5) is 5.69 Å². The number of ether oxygens (including phenoxy) is 1. The predicted molar refractivity (Wildman–Crippen MR) is 98.2 cm³/mol. The second-order valence-electron chi connectivity index (χ2n) is 5.12. The van der Waals surface area contributed by atoms with Gasteiger partial charge in [-0.05, 0) is 31.7 Å². The summed E-state index contributed by atoms with van der Waals surface area (Å²) in [6.07, 6.45) is 0. The fraction of sp³-hybridized carbons (Fsp3) is 0.105. The van der Waals surface area contributed by atoms with E-state index in [2.05, 4.69) is 27.8 Å². The molecule has 3 aromatic rings. The Morgan fingerprint density at radius 2 is 2.00 bits per heavy atom. The number of ketones is 1. The molecule has 0 radical (unpaired) electrons. The van der Waals surface area contributed by atoms with Crippen LogP contribution in [0.1, 0.15) is 23.0 Å². The molecule has 0 aliphatic carbocycles. The number of hydrogen-bond acceptors (Lipinski definition) is 4. The zero-order chi connectivity index (χ0) is 17.1. The molecule has 0 bridgehead atoms. The first-order valence-electron chi connectivity index (χ1n) is 7.50. The Morgan fingerprint density at radius 3 is 2.71 bits per heavy atom. The molecular formula is C19H16BrNO3. The van der Waals surface area contributed by atoms with Crippen molar-refractivity contribution in [1.82, 2.24) is 0 Å². The minimum Gasteiger partial charge on any atom is -0.480 e. The maximum absolute atomic E-state index is 12.8. The van der Waals surface area contributed by atoms with Crippen LogP contribution in [-0.4, -0.2) is 12.4 Å². The number of carbonyl (C=O) groups is 1. The van der Waals surface area contributed by atoms with Gasteiger partial charge >= 0.3 is 0 Å². The van der Waals surface area contributed by atoms with E-state index in [1.165, 1.54) is 0 Å². The van der Waals surface area contributed by atoms with Crippen molar-refractivity contribution in [2.75, 3.05) is 11.9 Å². The monoisotopic (exact) mass is 385 g/mol. The van der Waals surface area contributed by atoms with Crippen LogP contribution in [0.15, 0.2) is 69.9 Å². The van der Waals surface area contributed by atoms with Crippen LogP contribution in [-0.2, 0) is 4.74 Å². The summed E-state index contributed by atoms with van der Waals surface area (Å²) < 4.78 is 12.1. The van der Waals surface area contributed by atoms with E-state index >= 15 is 0 Å². The van der Waals surface area contributed by atoms with Crippen molar-refractivity contribution in [3.8, 4) is 0 Å². The molecule has 2 aromatic carbocycles. The molecule has 0 aliphatic heterocycles. The normalized spacial score (nSPS) is 10.6. The molecule has 0 unspecified atom stereocenters.